The standard InChI is InChI=1S/C14H11ClN2O4S/c1-10(11-2-4-12(15)5-3-11)16-22(20,21)14-8-6-13(7-9-14)17(18)19/h2-9H,1H3/b16-10+. The van der Waals surface area contributed by atoms with Crippen molar-refractivity contribution in [2.45, 2.75) is 11.8 Å². The monoisotopic (exact) mass is 338 g/mol. The second kappa shape index (κ2) is 6.25. The number of rotatable bonds is 4. The van der Waals surface area contributed by atoms with Crippen molar-refractivity contribution in [2.24, 2.45) is 4.40 Å². The highest BCUT2D eigenvalue weighted by atomic mass is 35.5. The van der Waals surface area contributed by atoms with Crippen molar-refractivity contribution in [3.05, 3.63) is 69.2 Å². The Kier molecular flexibility index (Phi) is 4.58. The van der Waals surface area contributed by atoms with Gasteiger partial charge in [0.25, 0.3) is 15.7 Å². The third-order valence-electron chi connectivity index (χ3n) is 2.86. The first kappa shape index (κ1) is 16.1. The molecule has 0 amide bonds. The number of halogens is 1. The van der Waals surface area contributed by atoms with Gasteiger partial charge in [-0.3, -0.25) is 10.1 Å². The molecule has 22 heavy (non-hydrogen) atoms. The molecule has 0 aromatic heterocycles. The summed E-state index contributed by atoms with van der Waals surface area (Å²) < 4.78 is 28.1. The highest BCUT2D eigenvalue weighted by molar-refractivity contribution is 7.90. The number of hydrogen-bond acceptors (Lipinski definition) is 4. The fourth-order valence-electron chi connectivity index (χ4n) is 1.72. The Morgan fingerprint density at radius 2 is 1.64 bits per heavy atom. The molecule has 2 aromatic carbocycles. The van der Waals surface area contributed by atoms with Crippen LogP contribution in [0, 0.1) is 10.1 Å². The van der Waals surface area contributed by atoms with E-state index in [1.807, 2.05) is 0 Å². The molecule has 0 radical (unpaired) electrons. The minimum Gasteiger partial charge on any atom is -0.258 e. The van der Waals surface area contributed by atoms with Crippen molar-refractivity contribution in [1.82, 2.24) is 0 Å². The van der Waals surface area contributed by atoms with Crippen molar-refractivity contribution in [2.75, 3.05) is 0 Å². The normalized spacial score (nSPS) is 12.2. The van der Waals surface area contributed by atoms with Crippen LogP contribution in [0.2, 0.25) is 5.02 Å². The zero-order chi connectivity index (χ0) is 16.3. The van der Waals surface area contributed by atoms with Gasteiger partial charge in [-0.15, -0.1) is 0 Å². The van der Waals surface area contributed by atoms with E-state index in [1.165, 1.54) is 0 Å². The zero-order valence-electron chi connectivity index (χ0n) is 11.4. The summed E-state index contributed by atoms with van der Waals surface area (Å²) in [5.41, 5.74) is 0.738. The molecule has 0 N–H and O–H groups in total. The summed E-state index contributed by atoms with van der Waals surface area (Å²) in [5.74, 6) is 0. The maximum atomic E-state index is 12.2. The molecule has 0 atom stereocenters. The molecule has 0 fully saturated rings. The largest absolute Gasteiger partial charge is 0.282 e. The zero-order valence-corrected chi connectivity index (χ0v) is 13.0. The SMILES string of the molecule is C/C(=N\S(=O)(=O)c1ccc([N+](=O)[O-])cc1)c1ccc(Cl)cc1. The van der Waals surface area contributed by atoms with Crippen LogP contribution in [0.15, 0.2) is 57.8 Å². The molecule has 2 rings (SSSR count). The summed E-state index contributed by atoms with van der Waals surface area (Å²) >= 11 is 5.77. The molecule has 0 unspecified atom stereocenters. The van der Waals surface area contributed by atoms with Gasteiger partial charge in [0.2, 0.25) is 0 Å². The van der Waals surface area contributed by atoms with Crippen LogP contribution < -0.4 is 0 Å². The molecule has 0 heterocycles. The van der Waals surface area contributed by atoms with Crippen LogP contribution in [0.4, 0.5) is 5.69 Å². The van der Waals surface area contributed by atoms with E-state index < -0.39 is 14.9 Å². The van der Waals surface area contributed by atoms with Crippen molar-refractivity contribution in [3.63, 3.8) is 0 Å². The molecule has 8 heteroatoms. The van der Waals surface area contributed by atoms with E-state index in [-0.39, 0.29) is 10.6 Å². The highest BCUT2D eigenvalue weighted by Crippen LogP contribution is 2.19. The number of benzene rings is 2. The van der Waals surface area contributed by atoms with Crippen LogP contribution in [0.5, 0.6) is 0 Å². The molecule has 0 saturated carbocycles. The summed E-state index contributed by atoms with van der Waals surface area (Å²) in [5, 5.41) is 11.1. The van der Waals surface area contributed by atoms with Crippen LogP contribution in [0.3, 0.4) is 0 Å². The fourth-order valence-corrected chi connectivity index (χ4v) is 2.89. The Labute approximate surface area is 132 Å². The van der Waals surface area contributed by atoms with E-state index in [9.17, 15) is 18.5 Å². The lowest BCUT2D eigenvalue weighted by atomic mass is 10.1. The van der Waals surface area contributed by atoms with Crippen LogP contribution in [-0.4, -0.2) is 19.1 Å². The molecule has 0 saturated heterocycles. The van der Waals surface area contributed by atoms with E-state index in [1.54, 1.807) is 31.2 Å². The lowest BCUT2D eigenvalue weighted by molar-refractivity contribution is -0.384. The maximum absolute atomic E-state index is 12.2. The summed E-state index contributed by atoms with van der Waals surface area (Å²) in [7, 11) is -3.93. The van der Waals surface area contributed by atoms with Gasteiger partial charge in [-0.2, -0.15) is 12.8 Å². The smallest absolute Gasteiger partial charge is 0.258 e. The first-order chi connectivity index (χ1) is 10.3. The van der Waals surface area contributed by atoms with Gasteiger partial charge < -0.3 is 0 Å². The highest BCUT2D eigenvalue weighted by Gasteiger charge is 2.15. The van der Waals surface area contributed by atoms with Gasteiger partial charge >= 0.3 is 0 Å². The van der Waals surface area contributed by atoms with Gasteiger partial charge in [-0.1, -0.05) is 23.7 Å². The Hall–Kier alpha value is -2.25. The van der Waals surface area contributed by atoms with E-state index >= 15 is 0 Å². The third kappa shape index (κ3) is 3.69. The molecular weight excluding hydrogens is 328 g/mol. The first-order valence-electron chi connectivity index (χ1n) is 6.11. The molecule has 0 spiro atoms. The number of nitrogens with zero attached hydrogens (tertiary/aromatic N) is 2. The van der Waals surface area contributed by atoms with Crippen molar-refractivity contribution < 1.29 is 13.3 Å². The Balaban J connectivity index is 2.35. The van der Waals surface area contributed by atoms with Gasteiger partial charge in [0.1, 0.15) is 0 Å². The quantitative estimate of drug-likeness (QED) is 0.485. The topological polar surface area (TPSA) is 89.6 Å². The Morgan fingerprint density at radius 1 is 1.09 bits per heavy atom. The molecule has 0 aliphatic rings. The van der Waals surface area contributed by atoms with Crippen LogP contribution >= 0.6 is 11.6 Å². The van der Waals surface area contributed by atoms with Gasteiger partial charge in [0.05, 0.1) is 15.5 Å². The molecule has 0 aliphatic heterocycles. The molecule has 2 aromatic rings. The van der Waals surface area contributed by atoms with Crippen LogP contribution in [0.25, 0.3) is 0 Å². The van der Waals surface area contributed by atoms with E-state index in [4.69, 9.17) is 11.6 Å². The van der Waals surface area contributed by atoms with E-state index in [2.05, 4.69) is 4.40 Å². The summed E-state index contributed by atoms with van der Waals surface area (Å²) in [6, 6.07) is 11.2. The fraction of sp³-hybridized carbons (Fsp3) is 0.0714. The van der Waals surface area contributed by atoms with Gasteiger partial charge in [0, 0.05) is 17.2 Å². The molecule has 0 aliphatic carbocycles. The third-order valence-corrected chi connectivity index (χ3v) is 4.50. The van der Waals surface area contributed by atoms with E-state index in [0.717, 1.165) is 24.3 Å². The Morgan fingerprint density at radius 3 is 2.14 bits per heavy atom. The predicted octanol–water partition coefficient (Wildman–Crippen LogP) is 3.45. The van der Waals surface area contributed by atoms with Crippen molar-refractivity contribution in [3.8, 4) is 0 Å². The summed E-state index contributed by atoms with van der Waals surface area (Å²) in [4.78, 5) is 9.87. The molecule has 6 nitrogen and oxygen atoms in total. The first-order valence-corrected chi connectivity index (χ1v) is 7.93. The second-order valence-electron chi connectivity index (χ2n) is 4.41. The molecule has 114 valence electrons. The number of nitro benzene ring substituents is 1. The number of non-ortho nitro benzene ring substituents is 1. The van der Waals surface area contributed by atoms with Crippen molar-refractivity contribution in [1.29, 1.82) is 0 Å². The minimum atomic E-state index is -3.93. The van der Waals surface area contributed by atoms with Crippen molar-refractivity contribution >= 4 is 33.0 Å². The Bertz CT molecular complexity index is 828. The van der Waals surface area contributed by atoms with Gasteiger partial charge in [0.15, 0.2) is 0 Å². The summed E-state index contributed by atoms with van der Waals surface area (Å²) in [6.07, 6.45) is 0. The van der Waals surface area contributed by atoms with E-state index in [0.29, 0.717) is 16.3 Å². The maximum Gasteiger partial charge on any atom is 0.282 e. The number of sulfonamides is 1. The lowest BCUT2D eigenvalue weighted by Crippen LogP contribution is -2.03. The lowest BCUT2D eigenvalue weighted by Gasteiger charge is -2.03. The summed E-state index contributed by atoms with van der Waals surface area (Å²) in [6.45, 7) is 1.56. The van der Waals surface area contributed by atoms with Crippen LogP contribution in [0.1, 0.15) is 12.5 Å². The molecule has 0 bridgehead atoms. The second-order valence-corrected chi connectivity index (χ2v) is 6.45. The predicted molar refractivity (Wildman–Crippen MR) is 83.9 cm³/mol. The van der Waals surface area contributed by atoms with Gasteiger partial charge in [-0.05, 0) is 36.8 Å². The molecular formula is C14H11ClN2O4S. The van der Waals surface area contributed by atoms with Gasteiger partial charge in [-0.25, -0.2) is 0 Å². The minimum absolute atomic E-state index is 0.105. The average molecular weight is 339 g/mol. The van der Waals surface area contributed by atoms with Crippen LogP contribution in [-0.2, 0) is 10.0 Å². The number of hydrogen-bond donors (Lipinski definition) is 0. The average Bonchev–Trinajstić information content (AvgIpc) is 2.47. The number of nitro groups is 1.